The standard InChI is InChI=1S/C20H26N2O6S/c1-21(12-11-15-9-10-18(26-3)19(13-15)27-4)20(23)16-7-6-8-17(14-16)29(24,25)22(2)28-5/h6-10,13-14H,11-12H2,1-5H3. The van der Waals surface area contributed by atoms with Gasteiger partial charge in [-0.25, -0.2) is 8.42 Å². The van der Waals surface area contributed by atoms with E-state index in [0.717, 1.165) is 10.0 Å². The summed E-state index contributed by atoms with van der Waals surface area (Å²) in [5.74, 6) is 0.987. The first-order chi connectivity index (χ1) is 13.7. The number of rotatable bonds is 9. The van der Waals surface area contributed by atoms with Crippen LogP contribution in [0.2, 0.25) is 0 Å². The Morgan fingerprint density at radius 3 is 2.28 bits per heavy atom. The van der Waals surface area contributed by atoms with Crippen LogP contribution in [0.25, 0.3) is 0 Å². The average molecular weight is 423 g/mol. The molecule has 0 spiro atoms. The van der Waals surface area contributed by atoms with Gasteiger partial charge in [0.05, 0.1) is 26.2 Å². The molecule has 0 fully saturated rings. The minimum absolute atomic E-state index is 0.0130. The summed E-state index contributed by atoms with van der Waals surface area (Å²) in [5.41, 5.74) is 1.27. The summed E-state index contributed by atoms with van der Waals surface area (Å²) in [6.07, 6.45) is 0.604. The summed E-state index contributed by atoms with van der Waals surface area (Å²) < 4.78 is 36.0. The molecule has 9 heteroatoms. The molecule has 0 aromatic heterocycles. The Kier molecular flexibility index (Phi) is 7.60. The van der Waals surface area contributed by atoms with Crippen LogP contribution < -0.4 is 9.47 Å². The average Bonchev–Trinajstić information content (AvgIpc) is 2.75. The predicted octanol–water partition coefficient (Wildman–Crippen LogP) is 2.20. The van der Waals surface area contributed by atoms with E-state index in [-0.39, 0.29) is 16.4 Å². The number of hydroxylamine groups is 1. The topological polar surface area (TPSA) is 85.4 Å². The third kappa shape index (κ3) is 5.26. The Morgan fingerprint density at radius 2 is 1.66 bits per heavy atom. The zero-order chi connectivity index (χ0) is 21.6. The molecular formula is C20H26N2O6S. The molecule has 1 amide bonds. The molecular weight excluding hydrogens is 396 g/mol. The van der Waals surface area contributed by atoms with Gasteiger partial charge in [-0.15, -0.1) is 0 Å². The first-order valence-corrected chi connectivity index (χ1v) is 10.3. The van der Waals surface area contributed by atoms with Crippen molar-refractivity contribution in [3.05, 3.63) is 53.6 Å². The van der Waals surface area contributed by atoms with Crippen molar-refractivity contribution in [1.29, 1.82) is 0 Å². The van der Waals surface area contributed by atoms with Crippen molar-refractivity contribution < 1.29 is 27.5 Å². The van der Waals surface area contributed by atoms with Crippen molar-refractivity contribution in [2.75, 3.05) is 42.0 Å². The fourth-order valence-corrected chi connectivity index (χ4v) is 3.71. The summed E-state index contributed by atoms with van der Waals surface area (Å²) in [5, 5.41) is 0. The highest BCUT2D eigenvalue weighted by molar-refractivity contribution is 7.89. The zero-order valence-electron chi connectivity index (χ0n) is 17.2. The van der Waals surface area contributed by atoms with E-state index >= 15 is 0 Å². The third-order valence-electron chi connectivity index (χ3n) is 4.50. The monoisotopic (exact) mass is 422 g/mol. The van der Waals surface area contributed by atoms with Gasteiger partial charge in [-0.1, -0.05) is 16.6 Å². The molecule has 0 saturated carbocycles. The lowest BCUT2D eigenvalue weighted by molar-refractivity contribution is -0.0258. The third-order valence-corrected chi connectivity index (χ3v) is 6.18. The number of carbonyl (C=O) groups is 1. The summed E-state index contributed by atoms with van der Waals surface area (Å²) in [6.45, 7) is 0.448. The van der Waals surface area contributed by atoms with Crippen molar-refractivity contribution in [2.24, 2.45) is 0 Å². The smallest absolute Gasteiger partial charge is 0.264 e. The number of nitrogens with zero attached hydrogens (tertiary/aromatic N) is 2. The quantitative estimate of drug-likeness (QED) is 0.576. The van der Waals surface area contributed by atoms with Gasteiger partial charge in [0, 0.05) is 26.2 Å². The second kappa shape index (κ2) is 9.73. The molecule has 0 aliphatic heterocycles. The van der Waals surface area contributed by atoms with Gasteiger partial charge < -0.3 is 14.4 Å². The molecule has 29 heavy (non-hydrogen) atoms. The highest BCUT2D eigenvalue weighted by atomic mass is 32.2. The van der Waals surface area contributed by atoms with E-state index in [0.29, 0.717) is 24.5 Å². The van der Waals surface area contributed by atoms with Crippen LogP contribution in [0, 0.1) is 0 Å². The van der Waals surface area contributed by atoms with E-state index in [9.17, 15) is 13.2 Å². The van der Waals surface area contributed by atoms with E-state index in [2.05, 4.69) is 0 Å². The maximum absolute atomic E-state index is 12.7. The Labute approximate surface area is 171 Å². The van der Waals surface area contributed by atoms with Gasteiger partial charge in [0.25, 0.3) is 15.9 Å². The number of ether oxygens (including phenoxy) is 2. The summed E-state index contributed by atoms with van der Waals surface area (Å²) in [6, 6.07) is 11.5. The van der Waals surface area contributed by atoms with Gasteiger partial charge in [-0.3, -0.25) is 9.63 Å². The van der Waals surface area contributed by atoms with E-state index in [4.69, 9.17) is 14.3 Å². The summed E-state index contributed by atoms with van der Waals surface area (Å²) >= 11 is 0. The number of amides is 1. The normalized spacial score (nSPS) is 11.4. The molecule has 158 valence electrons. The Morgan fingerprint density at radius 1 is 0.966 bits per heavy atom. The molecule has 0 unspecified atom stereocenters. The zero-order valence-corrected chi connectivity index (χ0v) is 18.0. The van der Waals surface area contributed by atoms with Crippen LogP contribution in [0.1, 0.15) is 15.9 Å². The fourth-order valence-electron chi connectivity index (χ4n) is 2.69. The van der Waals surface area contributed by atoms with Crippen molar-refractivity contribution in [2.45, 2.75) is 11.3 Å². The fraction of sp³-hybridized carbons (Fsp3) is 0.350. The molecule has 0 bridgehead atoms. The van der Waals surface area contributed by atoms with Crippen LogP contribution in [-0.4, -0.2) is 65.7 Å². The first kappa shape index (κ1) is 22.7. The van der Waals surface area contributed by atoms with Gasteiger partial charge in [0.1, 0.15) is 0 Å². The molecule has 0 saturated heterocycles. The molecule has 2 aromatic rings. The van der Waals surface area contributed by atoms with E-state index in [1.807, 2.05) is 18.2 Å². The molecule has 0 heterocycles. The first-order valence-electron chi connectivity index (χ1n) is 8.84. The second-order valence-corrected chi connectivity index (χ2v) is 8.23. The molecule has 0 aliphatic rings. The maximum Gasteiger partial charge on any atom is 0.264 e. The van der Waals surface area contributed by atoms with Crippen molar-refractivity contribution in [3.63, 3.8) is 0 Å². The van der Waals surface area contributed by atoms with Crippen LogP contribution in [-0.2, 0) is 21.3 Å². The SMILES string of the molecule is COc1ccc(CCN(C)C(=O)c2cccc(S(=O)(=O)N(C)OC)c2)cc1OC. The maximum atomic E-state index is 12.7. The number of hydrogen-bond donors (Lipinski definition) is 0. The van der Waals surface area contributed by atoms with Crippen LogP contribution in [0.15, 0.2) is 47.4 Å². The highest BCUT2D eigenvalue weighted by Crippen LogP contribution is 2.27. The van der Waals surface area contributed by atoms with E-state index < -0.39 is 10.0 Å². The summed E-state index contributed by atoms with van der Waals surface area (Å²) in [4.78, 5) is 19.1. The molecule has 0 radical (unpaired) electrons. The van der Waals surface area contributed by atoms with Crippen LogP contribution in [0.4, 0.5) is 0 Å². The lowest BCUT2D eigenvalue weighted by Crippen LogP contribution is -2.29. The number of sulfonamides is 1. The van der Waals surface area contributed by atoms with Crippen molar-refractivity contribution in [3.8, 4) is 11.5 Å². The lowest BCUT2D eigenvalue weighted by atomic mass is 10.1. The number of hydrogen-bond acceptors (Lipinski definition) is 6. The highest BCUT2D eigenvalue weighted by Gasteiger charge is 2.22. The molecule has 0 atom stereocenters. The number of methoxy groups -OCH3 is 2. The predicted molar refractivity (Wildman–Crippen MR) is 109 cm³/mol. The van der Waals surface area contributed by atoms with Crippen LogP contribution in [0.3, 0.4) is 0 Å². The number of carbonyl (C=O) groups excluding carboxylic acids is 1. The van der Waals surface area contributed by atoms with Gasteiger partial charge in [-0.05, 0) is 42.3 Å². The Balaban J connectivity index is 2.12. The Bertz CT molecular complexity index is 961. The van der Waals surface area contributed by atoms with Crippen molar-refractivity contribution in [1.82, 2.24) is 9.37 Å². The largest absolute Gasteiger partial charge is 0.493 e. The van der Waals surface area contributed by atoms with Gasteiger partial charge in [0.2, 0.25) is 0 Å². The second-order valence-electron chi connectivity index (χ2n) is 6.29. The van der Waals surface area contributed by atoms with E-state index in [1.165, 1.54) is 32.4 Å². The minimum atomic E-state index is -3.83. The lowest BCUT2D eigenvalue weighted by Gasteiger charge is -2.19. The molecule has 8 nitrogen and oxygen atoms in total. The molecule has 0 N–H and O–H groups in total. The molecule has 2 rings (SSSR count). The van der Waals surface area contributed by atoms with Crippen LogP contribution in [0.5, 0.6) is 11.5 Å². The summed E-state index contributed by atoms with van der Waals surface area (Å²) in [7, 11) is 3.54. The van der Waals surface area contributed by atoms with Gasteiger partial charge >= 0.3 is 0 Å². The van der Waals surface area contributed by atoms with Gasteiger partial charge in [0.15, 0.2) is 11.5 Å². The Hall–Kier alpha value is -2.62. The van der Waals surface area contributed by atoms with Crippen LogP contribution >= 0.6 is 0 Å². The number of likely N-dealkylation sites (N-methyl/N-ethyl adjacent to an activating group) is 1. The number of benzene rings is 2. The van der Waals surface area contributed by atoms with Gasteiger partial charge in [-0.2, -0.15) is 0 Å². The van der Waals surface area contributed by atoms with E-state index in [1.54, 1.807) is 32.2 Å². The molecule has 2 aromatic carbocycles. The molecule has 0 aliphatic carbocycles. The minimum Gasteiger partial charge on any atom is -0.493 e. The van der Waals surface area contributed by atoms with Crippen molar-refractivity contribution >= 4 is 15.9 Å².